The number of nitrogens with one attached hydrogen (secondary N) is 1. The van der Waals surface area contributed by atoms with Gasteiger partial charge >= 0.3 is 0 Å². The zero-order valence-corrected chi connectivity index (χ0v) is 16.4. The van der Waals surface area contributed by atoms with Gasteiger partial charge in [-0.25, -0.2) is 35.1 Å². The number of anilines is 1. The van der Waals surface area contributed by atoms with Crippen LogP contribution in [0, 0.1) is 17.5 Å². The minimum atomic E-state index is -5.02. The Hall–Kier alpha value is -1.63. The van der Waals surface area contributed by atoms with E-state index in [1.807, 2.05) is 12.2 Å². The Kier molecular flexibility index (Phi) is 7.12. The van der Waals surface area contributed by atoms with Crippen molar-refractivity contribution < 1.29 is 35.1 Å². The number of rotatable bonds is 6. The number of hydrogen-bond donors (Lipinski definition) is 3. The molecule has 0 fully saturated rings. The summed E-state index contributed by atoms with van der Waals surface area (Å²) in [5.74, 6) is -7.09. The summed E-state index contributed by atoms with van der Waals surface area (Å²) in [6.45, 7) is -0.921. The summed E-state index contributed by atoms with van der Waals surface area (Å²) >= 11 is 0. The second-order valence-corrected chi connectivity index (χ2v) is 9.93. The Morgan fingerprint density at radius 2 is 1.61 bits per heavy atom. The monoisotopic (exact) mass is 442 g/mol. The van der Waals surface area contributed by atoms with Crippen molar-refractivity contribution in [2.24, 2.45) is 5.14 Å². The van der Waals surface area contributed by atoms with Crippen molar-refractivity contribution in [1.29, 1.82) is 0 Å². The van der Waals surface area contributed by atoms with E-state index in [1.54, 1.807) is 0 Å². The molecule has 7 nitrogen and oxygen atoms in total. The Morgan fingerprint density at radius 3 is 2.21 bits per heavy atom. The van der Waals surface area contributed by atoms with Crippen molar-refractivity contribution in [1.82, 2.24) is 0 Å². The van der Waals surface area contributed by atoms with Gasteiger partial charge in [-0.15, -0.1) is 0 Å². The van der Waals surface area contributed by atoms with Crippen LogP contribution in [-0.4, -0.2) is 40.3 Å². The van der Waals surface area contributed by atoms with Gasteiger partial charge in [0.1, 0.15) is 4.90 Å². The molecule has 0 bridgehead atoms. The van der Waals surface area contributed by atoms with Crippen molar-refractivity contribution in [2.45, 2.75) is 47.9 Å². The van der Waals surface area contributed by atoms with Gasteiger partial charge in [0.15, 0.2) is 32.2 Å². The van der Waals surface area contributed by atoms with Crippen LogP contribution >= 0.6 is 0 Å². The molecule has 0 aliphatic heterocycles. The van der Waals surface area contributed by atoms with Gasteiger partial charge in [-0.2, -0.15) is 0 Å². The lowest BCUT2D eigenvalue weighted by molar-refractivity contribution is 0.319. The zero-order valence-electron chi connectivity index (χ0n) is 14.8. The highest BCUT2D eigenvalue weighted by molar-refractivity contribution is 7.91. The molecule has 1 aromatic carbocycles. The Balaban J connectivity index is 2.72. The number of halogens is 3. The Morgan fingerprint density at radius 1 is 1.00 bits per heavy atom. The van der Waals surface area contributed by atoms with Gasteiger partial charge in [0.25, 0.3) is 0 Å². The molecule has 0 heterocycles. The van der Waals surface area contributed by atoms with Gasteiger partial charge in [-0.3, -0.25) is 0 Å². The second-order valence-electron chi connectivity index (χ2n) is 6.38. The maximum atomic E-state index is 14.9. The Bertz CT molecular complexity index is 979. The molecule has 158 valence electrons. The number of hydrogen-bond acceptors (Lipinski definition) is 6. The summed E-state index contributed by atoms with van der Waals surface area (Å²) in [4.78, 5) is -3.11. The number of allylic oxidation sites excluding steroid dienone is 2. The average Bonchev–Trinajstić information content (AvgIpc) is 2.53. The lowest BCUT2D eigenvalue weighted by atomic mass is 10.0. The number of sulfone groups is 1. The standard InChI is InChI=1S/C16H21F3N2O5S2/c17-11-12(18)16(27(23,24)9-8-22)14(13(19)15(11)28(20,25)26)21-10-6-4-2-1-3-5-7-10/h1-2,10,21-22H,3-9H2,(H2,20,25,26)/b2-1-/t10-/m0/s1. The van der Waals surface area contributed by atoms with Gasteiger partial charge in [-0.1, -0.05) is 12.2 Å². The molecular weight excluding hydrogens is 421 g/mol. The number of sulfonamides is 1. The van der Waals surface area contributed by atoms with Gasteiger partial charge in [0.2, 0.25) is 10.0 Å². The van der Waals surface area contributed by atoms with E-state index < -0.39 is 71.2 Å². The molecule has 1 aliphatic rings. The van der Waals surface area contributed by atoms with Gasteiger partial charge < -0.3 is 10.4 Å². The lowest BCUT2D eigenvalue weighted by Gasteiger charge is -2.24. The molecule has 0 unspecified atom stereocenters. The van der Waals surface area contributed by atoms with Crippen molar-refractivity contribution >= 4 is 25.5 Å². The molecule has 28 heavy (non-hydrogen) atoms. The predicted molar refractivity (Wildman–Crippen MR) is 96.5 cm³/mol. The zero-order chi connectivity index (χ0) is 21.1. The molecule has 1 aromatic rings. The third-order valence-electron chi connectivity index (χ3n) is 4.31. The van der Waals surface area contributed by atoms with E-state index in [-0.39, 0.29) is 0 Å². The highest BCUT2D eigenvalue weighted by Crippen LogP contribution is 2.36. The highest BCUT2D eigenvalue weighted by atomic mass is 32.2. The smallest absolute Gasteiger partial charge is 0.244 e. The van der Waals surface area contributed by atoms with E-state index in [4.69, 9.17) is 10.2 Å². The van der Waals surface area contributed by atoms with Gasteiger partial charge in [0.05, 0.1) is 18.0 Å². The molecule has 0 aromatic heterocycles. The molecule has 1 atom stereocenters. The molecule has 0 radical (unpaired) electrons. The van der Waals surface area contributed by atoms with E-state index in [9.17, 15) is 30.0 Å². The molecule has 0 amide bonds. The average molecular weight is 442 g/mol. The van der Waals surface area contributed by atoms with E-state index in [0.29, 0.717) is 25.7 Å². The molecule has 0 saturated heterocycles. The summed E-state index contributed by atoms with van der Waals surface area (Å²) in [6, 6.07) is -0.513. The van der Waals surface area contributed by atoms with Crippen molar-refractivity contribution in [3.63, 3.8) is 0 Å². The highest BCUT2D eigenvalue weighted by Gasteiger charge is 2.36. The van der Waals surface area contributed by atoms with Crippen LogP contribution in [0.4, 0.5) is 18.9 Å². The third kappa shape index (κ3) is 4.85. The van der Waals surface area contributed by atoms with Crippen molar-refractivity contribution in [2.75, 3.05) is 17.7 Å². The van der Waals surface area contributed by atoms with Crippen LogP contribution in [-0.2, 0) is 19.9 Å². The van der Waals surface area contributed by atoms with E-state index in [2.05, 4.69) is 5.32 Å². The summed E-state index contributed by atoms with van der Waals surface area (Å²) in [5, 5.41) is 16.3. The maximum absolute atomic E-state index is 14.9. The third-order valence-corrected chi connectivity index (χ3v) is 6.97. The topological polar surface area (TPSA) is 127 Å². The molecule has 12 heteroatoms. The number of benzene rings is 1. The number of aliphatic hydroxyl groups excluding tert-OH is 1. The SMILES string of the molecule is NS(=O)(=O)c1c(F)c(F)c(S(=O)(=O)CCO)c(N[C@H]2CC/C=C\CCC2)c1F. The maximum Gasteiger partial charge on any atom is 0.244 e. The summed E-state index contributed by atoms with van der Waals surface area (Å²) < 4.78 is 91.5. The normalized spacial score (nSPS) is 19.7. The van der Waals surface area contributed by atoms with Crippen LogP contribution in [0.2, 0.25) is 0 Å². The van der Waals surface area contributed by atoms with Crippen LogP contribution in [0.3, 0.4) is 0 Å². The van der Waals surface area contributed by atoms with Crippen molar-refractivity contribution in [3.05, 3.63) is 29.6 Å². The van der Waals surface area contributed by atoms with Crippen LogP contribution in [0.1, 0.15) is 32.1 Å². The summed E-state index contributed by atoms with van der Waals surface area (Å²) in [5.41, 5.74) is -0.995. The fourth-order valence-electron chi connectivity index (χ4n) is 3.02. The van der Waals surface area contributed by atoms with E-state index in [0.717, 1.165) is 6.42 Å². The number of primary sulfonamides is 1. The summed E-state index contributed by atoms with van der Waals surface area (Å²) in [6.07, 6.45) is 6.71. The van der Waals surface area contributed by atoms with Crippen molar-refractivity contribution in [3.8, 4) is 0 Å². The van der Waals surface area contributed by atoms with E-state index in [1.165, 1.54) is 0 Å². The van der Waals surface area contributed by atoms with Crippen LogP contribution < -0.4 is 10.5 Å². The molecule has 0 saturated carbocycles. The fourth-order valence-corrected chi connectivity index (χ4v) is 4.98. The molecule has 1 aliphatic carbocycles. The first-order valence-electron chi connectivity index (χ1n) is 8.49. The second kappa shape index (κ2) is 8.80. The van der Waals surface area contributed by atoms with Crippen LogP contribution in [0.25, 0.3) is 0 Å². The molecule has 0 spiro atoms. The fraction of sp³-hybridized carbons (Fsp3) is 0.500. The Labute approximate surface area is 161 Å². The lowest BCUT2D eigenvalue weighted by Crippen LogP contribution is -2.27. The number of nitrogens with two attached hydrogens (primary N) is 1. The first-order valence-corrected chi connectivity index (χ1v) is 11.7. The van der Waals surface area contributed by atoms with Crippen LogP contribution in [0.15, 0.2) is 21.9 Å². The van der Waals surface area contributed by atoms with Crippen LogP contribution in [0.5, 0.6) is 0 Å². The van der Waals surface area contributed by atoms with E-state index >= 15 is 0 Å². The molecular formula is C16H21F3N2O5S2. The van der Waals surface area contributed by atoms with Gasteiger partial charge in [-0.05, 0) is 32.1 Å². The first-order chi connectivity index (χ1) is 13.0. The largest absolute Gasteiger partial charge is 0.395 e. The number of aliphatic hydroxyl groups is 1. The minimum Gasteiger partial charge on any atom is -0.395 e. The predicted octanol–water partition coefficient (Wildman–Crippen LogP) is 1.82. The first kappa shape index (κ1) is 22.7. The minimum absolute atomic E-state index is 0.430. The summed E-state index contributed by atoms with van der Waals surface area (Å²) in [7, 11) is -9.69. The molecule has 2 rings (SSSR count). The quantitative estimate of drug-likeness (QED) is 0.456. The molecule has 4 N–H and O–H groups in total. The van der Waals surface area contributed by atoms with Gasteiger partial charge in [0, 0.05) is 6.04 Å².